The van der Waals surface area contributed by atoms with Crippen molar-refractivity contribution in [1.82, 2.24) is 0 Å². The molecule has 0 amide bonds. The van der Waals surface area contributed by atoms with E-state index in [1.807, 2.05) is 0 Å². The van der Waals surface area contributed by atoms with E-state index in [-0.39, 0.29) is 12.3 Å². The molecule has 0 bridgehead atoms. The molecule has 1 aromatic carbocycles. The van der Waals surface area contributed by atoms with Crippen LogP contribution in [-0.4, -0.2) is 22.1 Å². The molecule has 0 unspecified atom stereocenters. The predicted octanol–water partition coefficient (Wildman–Crippen LogP) is 1.89. The van der Waals surface area contributed by atoms with Gasteiger partial charge in [0, 0.05) is 11.6 Å². The van der Waals surface area contributed by atoms with E-state index >= 15 is 0 Å². The van der Waals surface area contributed by atoms with Crippen molar-refractivity contribution in [2.75, 3.05) is 0 Å². The molecule has 92 valence electrons. The molecule has 0 spiro atoms. The number of benzene rings is 1. The number of ether oxygens (including phenoxy) is 1. The molecular weight excluding hydrogens is 226 g/mol. The maximum absolute atomic E-state index is 10.7. The number of carboxylic acids is 1. The van der Waals surface area contributed by atoms with Crippen LogP contribution < -0.4 is 0 Å². The van der Waals surface area contributed by atoms with Crippen molar-refractivity contribution in [1.29, 1.82) is 0 Å². The topological polar surface area (TPSA) is 89.7 Å². The number of nitro groups is 1. The quantitative estimate of drug-likeness (QED) is 0.626. The van der Waals surface area contributed by atoms with Gasteiger partial charge in [-0.05, 0) is 19.4 Å². The SMILES string of the molecule is Cc1c(CO[C@@H](C)C(=O)O)cccc1[N+](=O)[O-]. The first kappa shape index (κ1) is 13.1. The maximum atomic E-state index is 10.7. The molecule has 1 N–H and O–H groups in total. The summed E-state index contributed by atoms with van der Waals surface area (Å²) in [5.74, 6) is -1.06. The molecule has 1 rings (SSSR count). The second-order valence-corrected chi connectivity index (χ2v) is 3.61. The third-order valence-corrected chi connectivity index (χ3v) is 2.45. The Balaban J connectivity index is 2.82. The van der Waals surface area contributed by atoms with Crippen molar-refractivity contribution in [3.05, 3.63) is 39.4 Å². The number of carbonyl (C=O) groups is 1. The summed E-state index contributed by atoms with van der Waals surface area (Å²) in [6, 6.07) is 4.63. The number of nitro benzene ring substituents is 1. The summed E-state index contributed by atoms with van der Waals surface area (Å²) in [5.41, 5.74) is 1.12. The van der Waals surface area contributed by atoms with Gasteiger partial charge in [0.15, 0.2) is 6.10 Å². The second kappa shape index (κ2) is 5.40. The van der Waals surface area contributed by atoms with Crippen molar-refractivity contribution >= 4 is 11.7 Å². The van der Waals surface area contributed by atoms with E-state index in [1.165, 1.54) is 13.0 Å². The van der Waals surface area contributed by atoms with Crippen LogP contribution in [0.2, 0.25) is 0 Å². The molecule has 0 aliphatic carbocycles. The summed E-state index contributed by atoms with van der Waals surface area (Å²) in [7, 11) is 0. The van der Waals surface area contributed by atoms with Crippen LogP contribution >= 0.6 is 0 Å². The van der Waals surface area contributed by atoms with E-state index in [2.05, 4.69) is 0 Å². The van der Waals surface area contributed by atoms with E-state index in [1.54, 1.807) is 19.1 Å². The molecule has 0 radical (unpaired) electrons. The van der Waals surface area contributed by atoms with Crippen molar-refractivity contribution in [2.24, 2.45) is 0 Å². The summed E-state index contributed by atoms with van der Waals surface area (Å²) in [4.78, 5) is 20.8. The van der Waals surface area contributed by atoms with Crippen molar-refractivity contribution in [3.63, 3.8) is 0 Å². The van der Waals surface area contributed by atoms with Gasteiger partial charge in [-0.15, -0.1) is 0 Å². The van der Waals surface area contributed by atoms with Gasteiger partial charge in [-0.1, -0.05) is 12.1 Å². The minimum Gasteiger partial charge on any atom is -0.479 e. The van der Waals surface area contributed by atoms with Crippen LogP contribution in [-0.2, 0) is 16.1 Å². The molecule has 6 nitrogen and oxygen atoms in total. The molecule has 0 fully saturated rings. The minimum absolute atomic E-state index is 0.00841. The monoisotopic (exact) mass is 239 g/mol. The Kier molecular flexibility index (Phi) is 4.17. The Morgan fingerprint density at radius 2 is 2.24 bits per heavy atom. The zero-order valence-corrected chi connectivity index (χ0v) is 9.54. The largest absolute Gasteiger partial charge is 0.479 e. The van der Waals surface area contributed by atoms with E-state index in [0.717, 1.165) is 0 Å². The van der Waals surface area contributed by atoms with Crippen molar-refractivity contribution in [2.45, 2.75) is 26.6 Å². The summed E-state index contributed by atoms with van der Waals surface area (Å²) < 4.78 is 5.08. The first-order valence-electron chi connectivity index (χ1n) is 5.00. The second-order valence-electron chi connectivity index (χ2n) is 3.61. The van der Waals surface area contributed by atoms with E-state index in [9.17, 15) is 14.9 Å². The highest BCUT2D eigenvalue weighted by Crippen LogP contribution is 2.21. The lowest BCUT2D eigenvalue weighted by molar-refractivity contribution is -0.385. The van der Waals surface area contributed by atoms with Gasteiger partial charge in [-0.2, -0.15) is 0 Å². The van der Waals surface area contributed by atoms with Crippen molar-refractivity contribution < 1.29 is 19.6 Å². The molecule has 0 aliphatic rings. The summed E-state index contributed by atoms with van der Waals surface area (Å²) >= 11 is 0. The Morgan fingerprint density at radius 1 is 1.59 bits per heavy atom. The van der Waals surface area contributed by atoms with Crippen LogP contribution in [0.5, 0.6) is 0 Å². The van der Waals surface area contributed by atoms with Gasteiger partial charge >= 0.3 is 5.97 Å². The van der Waals surface area contributed by atoms with E-state index < -0.39 is 17.0 Å². The Labute approximate surface area is 98.0 Å². The third-order valence-electron chi connectivity index (χ3n) is 2.45. The third kappa shape index (κ3) is 3.25. The zero-order valence-electron chi connectivity index (χ0n) is 9.54. The van der Waals surface area contributed by atoms with Crippen LogP contribution in [0.1, 0.15) is 18.1 Å². The summed E-state index contributed by atoms with van der Waals surface area (Å²) in [5, 5.41) is 19.3. The molecular formula is C11H13NO5. The summed E-state index contributed by atoms with van der Waals surface area (Å²) in [6.07, 6.45) is -0.936. The first-order chi connectivity index (χ1) is 7.93. The van der Waals surface area contributed by atoms with Gasteiger partial charge in [-0.3, -0.25) is 10.1 Å². The Hall–Kier alpha value is -1.95. The number of rotatable bonds is 5. The fourth-order valence-electron chi connectivity index (χ4n) is 1.31. The predicted molar refractivity (Wildman–Crippen MR) is 59.7 cm³/mol. The van der Waals surface area contributed by atoms with E-state index in [4.69, 9.17) is 9.84 Å². The van der Waals surface area contributed by atoms with Crippen LogP contribution in [0.3, 0.4) is 0 Å². The Bertz CT molecular complexity index is 443. The van der Waals surface area contributed by atoms with E-state index in [0.29, 0.717) is 11.1 Å². The number of hydrogen-bond donors (Lipinski definition) is 1. The Morgan fingerprint density at radius 3 is 2.76 bits per heavy atom. The highest BCUT2D eigenvalue weighted by atomic mass is 16.6. The highest BCUT2D eigenvalue weighted by Gasteiger charge is 2.15. The average Bonchev–Trinajstić information content (AvgIpc) is 2.26. The number of carboxylic acid groups (broad SMARTS) is 1. The smallest absolute Gasteiger partial charge is 0.332 e. The lowest BCUT2D eigenvalue weighted by atomic mass is 10.1. The molecule has 1 aromatic rings. The van der Waals surface area contributed by atoms with Crippen LogP contribution in [0.4, 0.5) is 5.69 Å². The molecule has 17 heavy (non-hydrogen) atoms. The van der Waals surface area contributed by atoms with Crippen LogP contribution in [0, 0.1) is 17.0 Å². The molecule has 0 aliphatic heterocycles. The van der Waals surface area contributed by atoms with Crippen molar-refractivity contribution in [3.8, 4) is 0 Å². The fourth-order valence-corrected chi connectivity index (χ4v) is 1.31. The number of hydrogen-bond acceptors (Lipinski definition) is 4. The first-order valence-corrected chi connectivity index (χ1v) is 5.00. The van der Waals surface area contributed by atoms with Crippen LogP contribution in [0.25, 0.3) is 0 Å². The average molecular weight is 239 g/mol. The molecule has 0 saturated carbocycles. The molecule has 6 heteroatoms. The molecule has 0 heterocycles. The van der Waals surface area contributed by atoms with Gasteiger partial charge in [0.05, 0.1) is 11.5 Å². The number of aliphatic carboxylic acids is 1. The lowest BCUT2D eigenvalue weighted by Crippen LogP contribution is -2.19. The maximum Gasteiger partial charge on any atom is 0.332 e. The zero-order chi connectivity index (χ0) is 13.0. The molecule has 0 aromatic heterocycles. The molecule has 0 saturated heterocycles. The highest BCUT2D eigenvalue weighted by molar-refractivity contribution is 5.71. The van der Waals surface area contributed by atoms with Gasteiger partial charge in [0.25, 0.3) is 5.69 Å². The van der Waals surface area contributed by atoms with Gasteiger partial charge in [0.1, 0.15) is 0 Å². The fraction of sp³-hybridized carbons (Fsp3) is 0.364. The minimum atomic E-state index is -1.06. The van der Waals surface area contributed by atoms with Crippen LogP contribution in [0.15, 0.2) is 18.2 Å². The van der Waals surface area contributed by atoms with Gasteiger partial charge in [-0.25, -0.2) is 4.79 Å². The van der Waals surface area contributed by atoms with Gasteiger partial charge in [0.2, 0.25) is 0 Å². The normalized spacial score (nSPS) is 12.1. The van der Waals surface area contributed by atoms with Gasteiger partial charge < -0.3 is 9.84 Å². The lowest BCUT2D eigenvalue weighted by Gasteiger charge is -2.10. The number of nitrogens with zero attached hydrogens (tertiary/aromatic N) is 1. The molecule has 1 atom stereocenters. The summed E-state index contributed by atoms with van der Waals surface area (Å²) in [6.45, 7) is 3.07. The standard InChI is InChI=1S/C11H13NO5/c1-7-9(6-17-8(2)11(13)14)4-3-5-10(7)12(15)16/h3-5,8H,6H2,1-2H3,(H,13,14)/t8-/m0/s1.